The number of benzene rings is 1. The number of anilines is 1. The fraction of sp³-hybridized carbons (Fsp3) is 0.400. The standard InChI is InChI=1S/C10H13BrFN3O2/c1-2-14(4-3-13)9-5-7(11)8(12)6-10(9)15(16)17/h5-6H,2-4,13H2,1H3. The number of rotatable bonds is 5. The third-order valence-corrected chi connectivity index (χ3v) is 2.94. The van der Waals surface area contributed by atoms with Crippen LogP contribution in [-0.2, 0) is 0 Å². The first-order valence-corrected chi connectivity index (χ1v) is 5.89. The molecule has 0 aliphatic rings. The molecule has 0 aliphatic heterocycles. The molecule has 0 aliphatic carbocycles. The van der Waals surface area contributed by atoms with E-state index in [2.05, 4.69) is 15.9 Å². The second-order valence-corrected chi connectivity index (χ2v) is 4.23. The number of likely N-dealkylation sites (N-methyl/N-ethyl adjacent to an activating group) is 1. The number of nitro benzene ring substituents is 1. The minimum Gasteiger partial charge on any atom is -0.365 e. The quantitative estimate of drug-likeness (QED) is 0.669. The summed E-state index contributed by atoms with van der Waals surface area (Å²) in [5, 5.41) is 10.9. The number of nitrogens with zero attached hydrogens (tertiary/aromatic N) is 2. The topological polar surface area (TPSA) is 72.4 Å². The summed E-state index contributed by atoms with van der Waals surface area (Å²) in [6.45, 7) is 3.28. The van der Waals surface area contributed by atoms with Crippen LogP contribution in [0.5, 0.6) is 0 Å². The summed E-state index contributed by atoms with van der Waals surface area (Å²) >= 11 is 3.02. The van der Waals surface area contributed by atoms with E-state index in [4.69, 9.17) is 5.73 Å². The molecule has 0 saturated heterocycles. The van der Waals surface area contributed by atoms with Crippen molar-refractivity contribution in [2.75, 3.05) is 24.5 Å². The highest BCUT2D eigenvalue weighted by atomic mass is 79.9. The summed E-state index contributed by atoms with van der Waals surface area (Å²) in [7, 11) is 0. The van der Waals surface area contributed by atoms with Gasteiger partial charge in [-0.2, -0.15) is 0 Å². The Balaban J connectivity index is 3.28. The molecule has 0 radical (unpaired) electrons. The molecule has 94 valence electrons. The second-order valence-electron chi connectivity index (χ2n) is 3.38. The van der Waals surface area contributed by atoms with Gasteiger partial charge in [-0.1, -0.05) is 0 Å². The van der Waals surface area contributed by atoms with Crippen LogP contribution in [-0.4, -0.2) is 24.6 Å². The van der Waals surface area contributed by atoms with Gasteiger partial charge in [0.2, 0.25) is 0 Å². The molecule has 0 spiro atoms. The molecule has 2 N–H and O–H groups in total. The Morgan fingerprint density at radius 3 is 2.71 bits per heavy atom. The maximum absolute atomic E-state index is 13.3. The smallest absolute Gasteiger partial charge is 0.295 e. The maximum atomic E-state index is 13.3. The number of nitrogens with two attached hydrogens (primary N) is 1. The monoisotopic (exact) mass is 305 g/mol. The molecule has 0 bridgehead atoms. The van der Waals surface area contributed by atoms with Crippen LogP contribution in [0.1, 0.15) is 6.92 Å². The largest absolute Gasteiger partial charge is 0.365 e. The molecule has 0 unspecified atom stereocenters. The predicted molar refractivity (Wildman–Crippen MR) is 67.7 cm³/mol. The van der Waals surface area contributed by atoms with Gasteiger partial charge in [-0.3, -0.25) is 10.1 Å². The van der Waals surface area contributed by atoms with Crippen molar-refractivity contribution in [3.63, 3.8) is 0 Å². The van der Waals surface area contributed by atoms with Gasteiger partial charge in [0.15, 0.2) is 0 Å². The zero-order valence-electron chi connectivity index (χ0n) is 9.32. The summed E-state index contributed by atoms with van der Waals surface area (Å²) in [6, 6.07) is 2.32. The van der Waals surface area contributed by atoms with Gasteiger partial charge in [0.1, 0.15) is 11.5 Å². The van der Waals surface area contributed by atoms with Gasteiger partial charge in [0, 0.05) is 19.6 Å². The van der Waals surface area contributed by atoms with Crippen molar-refractivity contribution >= 4 is 27.3 Å². The lowest BCUT2D eigenvalue weighted by Gasteiger charge is -2.22. The molecule has 5 nitrogen and oxygen atoms in total. The molecule has 17 heavy (non-hydrogen) atoms. The second kappa shape index (κ2) is 5.92. The molecule has 0 atom stereocenters. The number of halogens is 2. The highest BCUT2D eigenvalue weighted by Crippen LogP contribution is 2.33. The van der Waals surface area contributed by atoms with Crippen LogP contribution in [0.25, 0.3) is 0 Å². The predicted octanol–water partition coefficient (Wildman–Crippen LogP) is 2.28. The van der Waals surface area contributed by atoms with Crippen LogP contribution >= 0.6 is 15.9 Å². The van der Waals surface area contributed by atoms with Crippen LogP contribution in [0, 0.1) is 15.9 Å². The van der Waals surface area contributed by atoms with Crippen LogP contribution in [0.15, 0.2) is 16.6 Å². The van der Waals surface area contributed by atoms with E-state index in [1.54, 1.807) is 4.90 Å². The Morgan fingerprint density at radius 1 is 1.59 bits per heavy atom. The Morgan fingerprint density at radius 2 is 2.24 bits per heavy atom. The Kier molecular flexibility index (Phi) is 4.83. The van der Waals surface area contributed by atoms with Gasteiger partial charge in [0.25, 0.3) is 5.69 Å². The van der Waals surface area contributed by atoms with Crippen LogP contribution < -0.4 is 10.6 Å². The first-order chi connectivity index (χ1) is 8.01. The molecule has 1 rings (SSSR count). The minimum atomic E-state index is -0.649. The molecule has 0 aromatic heterocycles. The van der Waals surface area contributed by atoms with Gasteiger partial charge >= 0.3 is 0 Å². The molecule has 0 amide bonds. The van der Waals surface area contributed by atoms with Gasteiger partial charge < -0.3 is 10.6 Å². The van der Waals surface area contributed by atoms with E-state index in [1.165, 1.54) is 6.07 Å². The lowest BCUT2D eigenvalue weighted by atomic mass is 10.2. The normalized spacial score (nSPS) is 10.4. The van der Waals surface area contributed by atoms with Gasteiger partial charge in [-0.25, -0.2) is 4.39 Å². The van der Waals surface area contributed by atoms with Crippen molar-refractivity contribution in [1.82, 2.24) is 0 Å². The lowest BCUT2D eigenvalue weighted by Crippen LogP contribution is -2.29. The molecule has 0 fully saturated rings. The van der Waals surface area contributed by atoms with Crippen molar-refractivity contribution in [3.05, 3.63) is 32.5 Å². The zero-order valence-corrected chi connectivity index (χ0v) is 10.9. The Labute approximate surface area is 107 Å². The molecule has 0 heterocycles. The minimum absolute atomic E-state index is 0.202. The summed E-state index contributed by atoms with van der Waals surface area (Å²) < 4.78 is 13.5. The Hall–Kier alpha value is -1.21. The molecule has 1 aromatic rings. The third-order valence-electron chi connectivity index (χ3n) is 2.34. The first kappa shape index (κ1) is 13.9. The van der Waals surface area contributed by atoms with Crippen molar-refractivity contribution < 1.29 is 9.31 Å². The van der Waals surface area contributed by atoms with E-state index in [9.17, 15) is 14.5 Å². The SMILES string of the molecule is CCN(CCN)c1cc(Br)c(F)cc1[N+](=O)[O-]. The van der Waals surface area contributed by atoms with Crippen LogP contribution in [0.3, 0.4) is 0 Å². The molecular weight excluding hydrogens is 293 g/mol. The van der Waals surface area contributed by atoms with Crippen LogP contribution in [0.4, 0.5) is 15.8 Å². The molecule has 0 saturated carbocycles. The zero-order chi connectivity index (χ0) is 13.0. The number of hydrogen-bond acceptors (Lipinski definition) is 4. The van der Waals surface area contributed by atoms with E-state index in [0.29, 0.717) is 25.3 Å². The summed E-state index contributed by atoms with van der Waals surface area (Å²) in [5.41, 5.74) is 5.56. The van der Waals surface area contributed by atoms with Gasteiger partial charge in [-0.15, -0.1) is 0 Å². The molecule has 7 heteroatoms. The van der Waals surface area contributed by atoms with Crippen molar-refractivity contribution in [1.29, 1.82) is 0 Å². The first-order valence-electron chi connectivity index (χ1n) is 5.09. The van der Waals surface area contributed by atoms with Crippen molar-refractivity contribution in [2.24, 2.45) is 5.73 Å². The van der Waals surface area contributed by atoms with E-state index in [-0.39, 0.29) is 10.2 Å². The lowest BCUT2D eigenvalue weighted by molar-refractivity contribution is -0.384. The highest BCUT2D eigenvalue weighted by Gasteiger charge is 2.21. The van der Waals surface area contributed by atoms with E-state index in [1.807, 2.05) is 6.92 Å². The summed E-state index contributed by atoms with van der Waals surface area (Å²) in [4.78, 5) is 12.0. The fourth-order valence-corrected chi connectivity index (χ4v) is 1.86. The van der Waals surface area contributed by atoms with Gasteiger partial charge in [-0.05, 0) is 28.9 Å². The fourth-order valence-electron chi connectivity index (χ4n) is 1.53. The molecular formula is C10H13BrFN3O2. The van der Waals surface area contributed by atoms with Gasteiger partial charge in [0.05, 0.1) is 15.5 Å². The molecule has 1 aromatic carbocycles. The van der Waals surface area contributed by atoms with Crippen molar-refractivity contribution in [3.8, 4) is 0 Å². The average molecular weight is 306 g/mol. The highest BCUT2D eigenvalue weighted by molar-refractivity contribution is 9.10. The number of nitro groups is 1. The van der Waals surface area contributed by atoms with E-state index in [0.717, 1.165) is 6.07 Å². The Bertz CT molecular complexity index is 428. The summed E-state index contributed by atoms with van der Waals surface area (Å²) in [5.74, 6) is -0.649. The third kappa shape index (κ3) is 3.13. The number of hydrogen-bond donors (Lipinski definition) is 1. The summed E-state index contributed by atoms with van der Waals surface area (Å²) in [6.07, 6.45) is 0. The van der Waals surface area contributed by atoms with E-state index < -0.39 is 10.7 Å². The maximum Gasteiger partial charge on any atom is 0.295 e. The average Bonchev–Trinajstić information content (AvgIpc) is 2.29. The van der Waals surface area contributed by atoms with E-state index >= 15 is 0 Å². The van der Waals surface area contributed by atoms with Crippen LogP contribution in [0.2, 0.25) is 0 Å². The van der Waals surface area contributed by atoms with Crippen molar-refractivity contribution in [2.45, 2.75) is 6.92 Å².